The van der Waals surface area contributed by atoms with Gasteiger partial charge in [-0.25, -0.2) is 4.98 Å². The molecule has 0 unspecified atom stereocenters. The largest absolute Gasteiger partial charge is 0.330 e. The summed E-state index contributed by atoms with van der Waals surface area (Å²) in [6.07, 6.45) is 0. The van der Waals surface area contributed by atoms with E-state index >= 15 is 0 Å². The number of rotatable bonds is 1. The maximum Gasteiger partial charge on any atom is 0.129 e. The lowest BCUT2D eigenvalue weighted by Gasteiger charge is -2.17. The highest BCUT2D eigenvalue weighted by molar-refractivity contribution is 5.77. The van der Waals surface area contributed by atoms with E-state index in [1.165, 1.54) is 0 Å². The van der Waals surface area contributed by atoms with E-state index in [-0.39, 0.29) is 0 Å². The van der Waals surface area contributed by atoms with Gasteiger partial charge in [0, 0.05) is 7.05 Å². The number of aromatic nitrogens is 2. The van der Waals surface area contributed by atoms with Crippen molar-refractivity contribution in [3.8, 4) is 6.07 Å². The van der Waals surface area contributed by atoms with Crippen LogP contribution in [0.25, 0.3) is 11.0 Å². The van der Waals surface area contributed by atoms with Crippen molar-refractivity contribution in [1.29, 1.82) is 5.26 Å². The van der Waals surface area contributed by atoms with Crippen LogP contribution in [0.1, 0.15) is 25.2 Å². The average Bonchev–Trinajstić information content (AvgIpc) is 2.55. The van der Waals surface area contributed by atoms with Crippen molar-refractivity contribution >= 4 is 11.0 Å². The molecule has 2 N–H and O–H groups in total. The SMILES string of the molecule is Cn1c(C(C)(C)N)nc2ccc(C#N)cc21. The van der Waals surface area contributed by atoms with Crippen molar-refractivity contribution in [2.45, 2.75) is 19.4 Å². The van der Waals surface area contributed by atoms with Crippen LogP contribution in [0.15, 0.2) is 18.2 Å². The summed E-state index contributed by atoms with van der Waals surface area (Å²) >= 11 is 0. The van der Waals surface area contributed by atoms with Crippen LogP contribution in [0.4, 0.5) is 0 Å². The Hall–Kier alpha value is -1.86. The normalized spacial score (nSPS) is 11.7. The van der Waals surface area contributed by atoms with Gasteiger partial charge in [0.05, 0.1) is 28.2 Å². The van der Waals surface area contributed by atoms with E-state index in [2.05, 4.69) is 11.1 Å². The Balaban J connectivity index is 2.75. The summed E-state index contributed by atoms with van der Waals surface area (Å²) in [5, 5.41) is 8.85. The minimum Gasteiger partial charge on any atom is -0.330 e. The lowest BCUT2D eigenvalue weighted by atomic mass is 10.1. The van der Waals surface area contributed by atoms with Gasteiger partial charge in [-0.05, 0) is 32.0 Å². The number of aryl methyl sites for hydroxylation is 1. The van der Waals surface area contributed by atoms with Gasteiger partial charge in [-0.3, -0.25) is 0 Å². The fourth-order valence-corrected chi connectivity index (χ4v) is 1.84. The van der Waals surface area contributed by atoms with Crippen LogP contribution in [0.3, 0.4) is 0 Å². The lowest BCUT2D eigenvalue weighted by Crippen LogP contribution is -2.32. The van der Waals surface area contributed by atoms with Crippen molar-refractivity contribution in [2.24, 2.45) is 12.8 Å². The minimum absolute atomic E-state index is 0.486. The molecule has 0 saturated carbocycles. The van der Waals surface area contributed by atoms with Crippen LogP contribution in [-0.2, 0) is 12.6 Å². The number of imidazole rings is 1. The van der Waals surface area contributed by atoms with Gasteiger partial charge in [0.1, 0.15) is 5.82 Å². The molecule has 0 aliphatic rings. The third-order valence-electron chi connectivity index (χ3n) is 2.59. The second-order valence-corrected chi connectivity index (χ2v) is 4.53. The average molecular weight is 214 g/mol. The Morgan fingerprint density at radius 1 is 1.44 bits per heavy atom. The van der Waals surface area contributed by atoms with Crippen molar-refractivity contribution in [2.75, 3.05) is 0 Å². The van der Waals surface area contributed by atoms with E-state index in [4.69, 9.17) is 11.0 Å². The summed E-state index contributed by atoms with van der Waals surface area (Å²) in [5.74, 6) is 0.817. The molecule has 0 amide bonds. The molecule has 4 nitrogen and oxygen atoms in total. The molecule has 0 radical (unpaired) electrons. The van der Waals surface area contributed by atoms with Crippen LogP contribution >= 0.6 is 0 Å². The van der Waals surface area contributed by atoms with Crippen molar-refractivity contribution in [3.05, 3.63) is 29.6 Å². The Kier molecular flexibility index (Phi) is 2.21. The fraction of sp³-hybridized carbons (Fsp3) is 0.333. The highest BCUT2D eigenvalue weighted by Gasteiger charge is 2.21. The van der Waals surface area contributed by atoms with E-state index in [1.54, 1.807) is 6.07 Å². The van der Waals surface area contributed by atoms with E-state index in [1.807, 2.05) is 37.6 Å². The van der Waals surface area contributed by atoms with Gasteiger partial charge in [-0.2, -0.15) is 5.26 Å². The predicted molar refractivity (Wildman–Crippen MR) is 62.6 cm³/mol. The number of hydrogen-bond donors (Lipinski definition) is 1. The van der Waals surface area contributed by atoms with E-state index in [0.29, 0.717) is 5.56 Å². The molecule has 0 fully saturated rings. The first-order valence-electron chi connectivity index (χ1n) is 5.09. The number of nitrogens with zero attached hydrogens (tertiary/aromatic N) is 3. The summed E-state index contributed by atoms with van der Waals surface area (Å²) in [6, 6.07) is 7.57. The zero-order valence-electron chi connectivity index (χ0n) is 9.65. The Morgan fingerprint density at radius 3 is 2.69 bits per heavy atom. The standard InChI is InChI=1S/C12H14N4/c1-12(2,14)11-15-9-5-4-8(7-13)6-10(9)16(11)3/h4-6H,14H2,1-3H3. The first-order valence-corrected chi connectivity index (χ1v) is 5.09. The number of nitriles is 1. The van der Waals surface area contributed by atoms with E-state index in [0.717, 1.165) is 16.9 Å². The van der Waals surface area contributed by atoms with Crippen LogP contribution in [0, 0.1) is 11.3 Å². The molecule has 0 spiro atoms. The van der Waals surface area contributed by atoms with Gasteiger partial charge in [-0.15, -0.1) is 0 Å². The van der Waals surface area contributed by atoms with Crippen LogP contribution in [0.5, 0.6) is 0 Å². The van der Waals surface area contributed by atoms with Gasteiger partial charge in [-0.1, -0.05) is 0 Å². The monoisotopic (exact) mass is 214 g/mol. The van der Waals surface area contributed by atoms with Crippen LogP contribution in [-0.4, -0.2) is 9.55 Å². The summed E-state index contributed by atoms with van der Waals surface area (Å²) in [5.41, 5.74) is 8.00. The predicted octanol–water partition coefficient (Wildman–Crippen LogP) is 1.64. The molecule has 0 atom stereocenters. The third kappa shape index (κ3) is 1.55. The Bertz CT molecular complexity index is 581. The zero-order chi connectivity index (χ0) is 11.9. The first-order chi connectivity index (χ1) is 7.43. The van der Waals surface area contributed by atoms with Gasteiger partial charge < -0.3 is 10.3 Å². The number of benzene rings is 1. The molecule has 16 heavy (non-hydrogen) atoms. The summed E-state index contributed by atoms with van der Waals surface area (Å²) in [4.78, 5) is 4.49. The molecule has 0 bridgehead atoms. The molecule has 1 aromatic heterocycles. The number of nitrogens with two attached hydrogens (primary N) is 1. The highest BCUT2D eigenvalue weighted by atomic mass is 15.1. The highest BCUT2D eigenvalue weighted by Crippen LogP contribution is 2.22. The van der Waals surface area contributed by atoms with Gasteiger partial charge in [0.25, 0.3) is 0 Å². The summed E-state index contributed by atoms with van der Waals surface area (Å²) in [6.45, 7) is 3.83. The van der Waals surface area contributed by atoms with Crippen molar-refractivity contribution in [3.63, 3.8) is 0 Å². The maximum atomic E-state index is 8.85. The molecular formula is C12H14N4. The van der Waals surface area contributed by atoms with Gasteiger partial charge in [0.15, 0.2) is 0 Å². The zero-order valence-corrected chi connectivity index (χ0v) is 9.65. The molecule has 4 heteroatoms. The molecule has 1 aromatic carbocycles. The molecule has 0 aliphatic heterocycles. The topological polar surface area (TPSA) is 67.6 Å². The smallest absolute Gasteiger partial charge is 0.129 e. The quantitative estimate of drug-likeness (QED) is 0.784. The Morgan fingerprint density at radius 2 is 2.12 bits per heavy atom. The first kappa shape index (κ1) is 10.7. The second kappa shape index (κ2) is 3.32. The molecule has 0 saturated heterocycles. The van der Waals surface area contributed by atoms with Crippen LogP contribution in [0.2, 0.25) is 0 Å². The third-order valence-corrected chi connectivity index (χ3v) is 2.59. The van der Waals surface area contributed by atoms with Gasteiger partial charge in [0.2, 0.25) is 0 Å². The minimum atomic E-state index is -0.486. The molecule has 0 aliphatic carbocycles. The summed E-state index contributed by atoms with van der Waals surface area (Å²) < 4.78 is 1.94. The lowest BCUT2D eigenvalue weighted by molar-refractivity contribution is 0.498. The fourth-order valence-electron chi connectivity index (χ4n) is 1.84. The molecule has 2 aromatic rings. The number of fused-ring (bicyclic) bond motifs is 1. The Labute approximate surface area is 94.3 Å². The number of hydrogen-bond acceptors (Lipinski definition) is 3. The van der Waals surface area contributed by atoms with Crippen LogP contribution < -0.4 is 5.73 Å². The molecule has 1 heterocycles. The van der Waals surface area contributed by atoms with E-state index < -0.39 is 5.54 Å². The van der Waals surface area contributed by atoms with E-state index in [9.17, 15) is 0 Å². The van der Waals surface area contributed by atoms with Crippen molar-refractivity contribution < 1.29 is 0 Å². The van der Waals surface area contributed by atoms with Crippen molar-refractivity contribution in [1.82, 2.24) is 9.55 Å². The summed E-state index contributed by atoms with van der Waals surface area (Å²) in [7, 11) is 1.92. The maximum absolute atomic E-state index is 8.85. The van der Waals surface area contributed by atoms with Gasteiger partial charge >= 0.3 is 0 Å². The molecular weight excluding hydrogens is 200 g/mol. The molecule has 82 valence electrons. The molecule has 2 rings (SSSR count). The second-order valence-electron chi connectivity index (χ2n) is 4.53.